The van der Waals surface area contributed by atoms with E-state index in [0.29, 0.717) is 13.1 Å². The number of carbonyl (C=O) groups excluding carboxylic acids is 1. The van der Waals surface area contributed by atoms with Gasteiger partial charge in [0.05, 0.1) is 10.5 Å². The Morgan fingerprint density at radius 3 is 2.04 bits per heavy atom. The fourth-order valence-corrected chi connectivity index (χ4v) is 4.38. The van der Waals surface area contributed by atoms with Crippen LogP contribution in [0.5, 0.6) is 5.75 Å². The van der Waals surface area contributed by atoms with Gasteiger partial charge in [-0.05, 0) is 61.4 Å². The summed E-state index contributed by atoms with van der Waals surface area (Å²) in [7, 11) is -3.55. The highest BCUT2D eigenvalue weighted by atomic mass is 32.2. The van der Waals surface area contributed by atoms with Gasteiger partial charge in [-0.15, -0.1) is 0 Å². The van der Waals surface area contributed by atoms with Crippen molar-refractivity contribution in [1.29, 1.82) is 0 Å². The molecular formula is C19H20FNO4S. The molecule has 138 valence electrons. The van der Waals surface area contributed by atoms with E-state index in [4.69, 9.17) is 4.74 Å². The van der Waals surface area contributed by atoms with E-state index in [1.807, 2.05) is 0 Å². The van der Waals surface area contributed by atoms with Crippen LogP contribution in [0.1, 0.15) is 36.0 Å². The summed E-state index contributed by atoms with van der Waals surface area (Å²) < 4.78 is 45.0. The molecule has 2 aromatic carbocycles. The van der Waals surface area contributed by atoms with Gasteiger partial charge >= 0.3 is 5.97 Å². The van der Waals surface area contributed by atoms with Crippen LogP contribution < -0.4 is 4.74 Å². The van der Waals surface area contributed by atoms with Crippen LogP contribution in [-0.2, 0) is 10.0 Å². The van der Waals surface area contributed by atoms with E-state index in [-0.39, 0.29) is 16.2 Å². The van der Waals surface area contributed by atoms with Crippen molar-refractivity contribution in [3.8, 4) is 5.75 Å². The largest absolute Gasteiger partial charge is 0.423 e. The minimum Gasteiger partial charge on any atom is -0.423 e. The molecule has 0 unspecified atom stereocenters. The van der Waals surface area contributed by atoms with Crippen molar-refractivity contribution in [3.05, 3.63) is 59.9 Å². The molecule has 0 aromatic heterocycles. The Labute approximate surface area is 152 Å². The molecule has 0 spiro atoms. The van der Waals surface area contributed by atoms with E-state index < -0.39 is 21.8 Å². The quantitative estimate of drug-likeness (QED) is 0.603. The Hall–Kier alpha value is -2.25. The maximum Gasteiger partial charge on any atom is 0.343 e. The monoisotopic (exact) mass is 377 g/mol. The van der Waals surface area contributed by atoms with E-state index >= 15 is 0 Å². The minimum absolute atomic E-state index is 0.165. The van der Waals surface area contributed by atoms with Crippen LogP contribution in [-0.4, -0.2) is 31.8 Å². The molecule has 0 bridgehead atoms. The van der Waals surface area contributed by atoms with Crippen LogP contribution in [0.3, 0.4) is 0 Å². The summed E-state index contributed by atoms with van der Waals surface area (Å²) in [5, 5.41) is 0. The Morgan fingerprint density at radius 1 is 0.885 bits per heavy atom. The lowest BCUT2D eigenvalue weighted by molar-refractivity contribution is 0.0734. The summed E-state index contributed by atoms with van der Waals surface area (Å²) >= 11 is 0. The van der Waals surface area contributed by atoms with Crippen LogP contribution in [0.15, 0.2) is 53.4 Å². The number of esters is 1. The van der Waals surface area contributed by atoms with Gasteiger partial charge < -0.3 is 4.74 Å². The lowest BCUT2D eigenvalue weighted by Crippen LogP contribution is -2.31. The van der Waals surface area contributed by atoms with Gasteiger partial charge in [-0.2, -0.15) is 4.31 Å². The average Bonchev–Trinajstić information content (AvgIpc) is 2.94. The third-order valence-electron chi connectivity index (χ3n) is 4.32. The maximum atomic E-state index is 12.9. The van der Waals surface area contributed by atoms with Crippen molar-refractivity contribution in [3.63, 3.8) is 0 Å². The first-order chi connectivity index (χ1) is 12.5. The summed E-state index contributed by atoms with van der Waals surface area (Å²) in [6.45, 7) is 1.05. The summed E-state index contributed by atoms with van der Waals surface area (Å²) in [5.74, 6) is -0.833. The van der Waals surface area contributed by atoms with Crippen molar-refractivity contribution in [2.24, 2.45) is 0 Å². The zero-order valence-electron chi connectivity index (χ0n) is 14.2. The minimum atomic E-state index is -3.55. The number of ether oxygens (including phenoxy) is 1. The molecule has 0 N–H and O–H groups in total. The predicted molar refractivity (Wildman–Crippen MR) is 95.0 cm³/mol. The van der Waals surface area contributed by atoms with E-state index in [1.54, 1.807) is 0 Å². The number of halogens is 1. The highest BCUT2D eigenvalue weighted by molar-refractivity contribution is 7.89. The van der Waals surface area contributed by atoms with E-state index in [0.717, 1.165) is 25.7 Å². The topological polar surface area (TPSA) is 63.7 Å². The first kappa shape index (κ1) is 18.5. The highest BCUT2D eigenvalue weighted by Crippen LogP contribution is 2.21. The second-order valence-electron chi connectivity index (χ2n) is 6.19. The fraction of sp³-hybridized carbons (Fsp3) is 0.316. The fourth-order valence-electron chi connectivity index (χ4n) is 2.86. The van der Waals surface area contributed by atoms with Gasteiger partial charge in [0.15, 0.2) is 0 Å². The summed E-state index contributed by atoms with van der Waals surface area (Å²) in [5.41, 5.74) is 0.226. The molecule has 0 amide bonds. The van der Waals surface area contributed by atoms with Gasteiger partial charge in [0, 0.05) is 13.1 Å². The zero-order chi connectivity index (χ0) is 18.6. The Bertz CT molecular complexity index is 855. The van der Waals surface area contributed by atoms with Crippen molar-refractivity contribution in [2.75, 3.05) is 13.1 Å². The van der Waals surface area contributed by atoms with Gasteiger partial charge in [-0.25, -0.2) is 17.6 Å². The molecule has 3 rings (SSSR count). The van der Waals surface area contributed by atoms with Crippen LogP contribution in [0.4, 0.5) is 4.39 Å². The van der Waals surface area contributed by atoms with E-state index in [1.165, 1.54) is 52.8 Å². The van der Waals surface area contributed by atoms with Crippen molar-refractivity contribution in [1.82, 2.24) is 4.31 Å². The molecule has 0 radical (unpaired) electrons. The normalized spacial score (nSPS) is 16.0. The van der Waals surface area contributed by atoms with Gasteiger partial charge in [-0.1, -0.05) is 12.8 Å². The lowest BCUT2D eigenvalue weighted by Gasteiger charge is -2.19. The molecule has 7 heteroatoms. The first-order valence-corrected chi connectivity index (χ1v) is 9.99. The summed E-state index contributed by atoms with van der Waals surface area (Å²) in [4.78, 5) is 12.3. The smallest absolute Gasteiger partial charge is 0.343 e. The molecule has 2 aromatic rings. The number of rotatable bonds is 4. The second-order valence-corrected chi connectivity index (χ2v) is 8.12. The SMILES string of the molecule is O=C(Oc1ccc(F)cc1)c1ccc(S(=O)(=O)N2CCCCCC2)cc1. The van der Waals surface area contributed by atoms with Gasteiger partial charge in [0.2, 0.25) is 10.0 Å². The van der Waals surface area contributed by atoms with Crippen LogP contribution >= 0.6 is 0 Å². The Morgan fingerprint density at radius 2 is 1.46 bits per heavy atom. The second kappa shape index (κ2) is 7.97. The Kier molecular flexibility index (Phi) is 5.68. The van der Waals surface area contributed by atoms with Crippen molar-refractivity contribution < 1.29 is 22.3 Å². The molecule has 0 saturated carbocycles. The molecule has 1 heterocycles. The van der Waals surface area contributed by atoms with Gasteiger partial charge in [0.1, 0.15) is 11.6 Å². The number of nitrogens with zero attached hydrogens (tertiary/aromatic N) is 1. The number of benzene rings is 2. The van der Waals surface area contributed by atoms with Crippen molar-refractivity contribution in [2.45, 2.75) is 30.6 Å². The molecule has 1 aliphatic heterocycles. The third-order valence-corrected chi connectivity index (χ3v) is 6.23. The van der Waals surface area contributed by atoms with Gasteiger partial charge in [-0.3, -0.25) is 0 Å². The molecule has 1 saturated heterocycles. The molecule has 26 heavy (non-hydrogen) atoms. The molecule has 1 aliphatic rings. The first-order valence-electron chi connectivity index (χ1n) is 8.55. The number of hydrogen-bond donors (Lipinski definition) is 0. The highest BCUT2D eigenvalue weighted by Gasteiger charge is 2.25. The van der Waals surface area contributed by atoms with Crippen molar-refractivity contribution >= 4 is 16.0 Å². The summed E-state index contributed by atoms with van der Waals surface area (Å²) in [6, 6.07) is 10.8. The number of carbonyl (C=O) groups is 1. The van der Waals surface area contributed by atoms with E-state index in [9.17, 15) is 17.6 Å². The lowest BCUT2D eigenvalue weighted by atomic mass is 10.2. The third kappa shape index (κ3) is 4.28. The van der Waals surface area contributed by atoms with Crippen LogP contribution in [0.2, 0.25) is 0 Å². The van der Waals surface area contributed by atoms with Crippen LogP contribution in [0.25, 0.3) is 0 Å². The number of hydrogen-bond acceptors (Lipinski definition) is 4. The molecule has 1 fully saturated rings. The maximum absolute atomic E-state index is 12.9. The van der Waals surface area contributed by atoms with Crippen LogP contribution in [0, 0.1) is 5.82 Å². The molecular weight excluding hydrogens is 357 g/mol. The zero-order valence-corrected chi connectivity index (χ0v) is 15.0. The number of sulfonamides is 1. The molecule has 0 aliphatic carbocycles. The predicted octanol–water partition coefficient (Wildman–Crippen LogP) is 3.61. The summed E-state index contributed by atoms with van der Waals surface area (Å²) in [6.07, 6.45) is 3.81. The molecule has 0 atom stereocenters. The molecule has 5 nitrogen and oxygen atoms in total. The standard InChI is InChI=1S/C19H20FNO4S/c20-16-7-9-17(10-8-16)25-19(22)15-5-11-18(12-6-15)26(23,24)21-13-3-1-2-4-14-21/h5-12H,1-4,13-14H2. The average molecular weight is 377 g/mol. The Balaban J connectivity index is 1.72. The van der Waals surface area contributed by atoms with E-state index in [2.05, 4.69) is 0 Å². The van der Waals surface area contributed by atoms with Gasteiger partial charge in [0.25, 0.3) is 0 Å².